The SMILES string of the molecule is CSc1ccc(-c2nc(CN)c(C)o2)cc1.Cl. The summed E-state index contributed by atoms with van der Waals surface area (Å²) in [5.41, 5.74) is 7.37. The fourth-order valence-corrected chi connectivity index (χ4v) is 1.88. The summed E-state index contributed by atoms with van der Waals surface area (Å²) in [5, 5.41) is 0. The number of aromatic nitrogens is 1. The molecule has 1 aromatic heterocycles. The number of nitrogens with two attached hydrogens (primary N) is 1. The number of oxazole rings is 1. The van der Waals surface area contributed by atoms with E-state index in [-0.39, 0.29) is 12.4 Å². The van der Waals surface area contributed by atoms with Crippen LogP contribution in [-0.2, 0) is 6.54 Å². The van der Waals surface area contributed by atoms with Gasteiger partial charge in [-0.1, -0.05) is 0 Å². The molecule has 2 rings (SSSR count). The topological polar surface area (TPSA) is 52.0 Å². The maximum atomic E-state index is 5.57. The highest BCUT2D eigenvalue weighted by molar-refractivity contribution is 7.98. The number of benzene rings is 1. The summed E-state index contributed by atoms with van der Waals surface area (Å²) in [6.07, 6.45) is 2.05. The summed E-state index contributed by atoms with van der Waals surface area (Å²) in [5.74, 6) is 1.44. The van der Waals surface area contributed by atoms with E-state index in [1.54, 1.807) is 11.8 Å². The van der Waals surface area contributed by atoms with Crippen molar-refractivity contribution in [1.29, 1.82) is 0 Å². The molecule has 92 valence electrons. The molecule has 0 radical (unpaired) electrons. The summed E-state index contributed by atoms with van der Waals surface area (Å²) in [4.78, 5) is 5.58. The molecular weight excluding hydrogens is 256 g/mol. The normalized spacial score (nSPS) is 10.1. The molecule has 0 aliphatic carbocycles. The lowest BCUT2D eigenvalue weighted by atomic mass is 10.2. The maximum Gasteiger partial charge on any atom is 0.226 e. The first-order valence-electron chi connectivity index (χ1n) is 5.05. The zero-order chi connectivity index (χ0) is 11.5. The summed E-state index contributed by atoms with van der Waals surface area (Å²) in [7, 11) is 0. The molecule has 0 fully saturated rings. The van der Waals surface area contributed by atoms with Gasteiger partial charge in [-0.05, 0) is 37.4 Å². The molecule has 17 heavy (non-hydrogen) atoms. The van der Waals surface area contributed by atoms with Gasteiger partial charge < -0.3 is 10.2 Å². The van der Waals surface area contributed by atoms with Crippen LogP contribution in [-0.4, -0.2) is 11.2 Å². The van der Waals surface area contributed by atoms with Crippen LogP contribution in [0.3, 0.4) is 0 Å². The molecule has 0 unspecified atom stereocenters. The van der Waals surface area contributed by atoms with Crippen LogP contribution in [0.15, 0.2) is 33.6 Å². The molecule has 2 N–H and O–H groups in total. The molecule has 0 spiro atoms. The van der Waals surface area contributed by atoms with Gasteiger partial charge in [-0.2, -0.15) is 0 Å². The van der Waals surface area contributed by atoms with E-state index < -0.39 is 0 Å². The van der Waals surface area contributed by atoms with Crippen molar-refractivity contribution in [3.8, 4) is 11.5 Å². The molecule has 1 heterocycles. The second-order valence-electron chi connectivity index (χ2n) is 3.45. The van der Waals surface area contributed by atoms with Gasteiger partial charge in [0.25, 0.3) is 0 Å². The Morgan fingerprint density at radius 3 is 2.41 bits per heavy atom. The van der Waals surface area contributed by atoms with Gasteiger partial charge in [0, 0.05) is 17.0 Å². The lowest BCUT2D eigenvalue weighted by Gasteiger charge is -1.97. The molecule has 3 nitrogen and oxygen atoms in total. The van der Waals surface area contributed by atoms with Crippen molar-refractivity contribution in [1.82, 2.24) is 4.98 Å². The quantitative estimate of drug-likeness (QED) is 0.870. The maximum absolute atomic E-state index is 5.57. The van der Waals surface area contributed by atoms with E-state index >= 15 is 0 Å². The van der Waals surface area contributed by atoms with Crippen molar-refractivity contribution >= 4 is 24.2 Å². The van der Waals surface area contributed by atoms with Gasteiger partial charge in [0.1, 0.15) is 5.76 Å². The third kappa shape index (κ3) is 3.03. The van der Waals surface area contributed by atoms with Gasteiger partial charge in [0.05, 0.1) is 5.69 Å². The highest BCUT2D eigenvalue weighted by Crippen LogP contribution is 2.24. The van der Waals surface area contributed by atoms with Gasteiger partial charge in [-0.15, -0.1) is 24.2 Å². The Hall–Kier alpha value is -0.970. The molecule has 0 aliphatic heterocycles. The van der Waals surface area contributed by atoms with Crippen LogP contribution in [0, 0.1) is 6.92 Å². The Bertz CT molecular complexity index is 482. The van der Waals surface area contributed by atoms with Crippen molar-refractivity contribution in [3.63, 3.8) is 0 Å². The molecule has 0 saturated heterocycles. The van der Waals surface area contributed by atoms with Crippen molar-refractivity contribution in [2.75, 3.05) is 6.26 Å². The molecule has 0 bridgehead atoms. The first kappa shape index (κ1) is 14.1. The predicted molar refractivity (Wildman–Crippen MR) is 73.6 cm³/mol. The van der Waals surface area contributed by atoms with Crippen molar-refractivity contribution < 1.29 is 4.42 Å². The Labute approximate surface area is 111 Å². The molecule has 1 aromatic carbocycles. The van der Waals surface area contributed by atoms with Gasteiger partial charge in [-0.3, -0.25) is 0 Å². The Morgan fingerprint density at radius 2 is 1.94 bits per heavy atom. The van der Waals surface area contributed by atoms with Crippen LogP contribution in [0.2, 0.25) is 0 Å². The summed E-state index contributed by atoms with van der Waals surface area (Å²) in [6, 6.07) is 8.14. The predicted octanol–water partition coefficient (Wildman–Crippen LogP) is 3.25. The number of thioether (sulfide) groups is 1. The fraction of sp³-hybridized carbons (Fsp3) is 0.250. The number of hydrogen-bond donors (Lipinski definition) is 1. The molecule has 0 amide bonds. The van der Waals surface area contributed by atoms with E-state index in [1.165, 1.54) is 4.90 Å². The zero-order valence-corrected chi connectivity index (χ0v) is 11.4. The van der Waals surface area contributed by atoms with E-state index in [0.29, 0.717) is 12.4 Å². The largest absolute Gasteiger partial charge is 0.441 e. The number of aryl methyl sites for hydroxylation is 1. The summed E-state index contributed by atoms with van der Waals surface area (Å²) < 4.78 is 5.57. The highest BCUT2D eigenvalue weighted by atomic mass is 35.5. The van der Waals surface area contributed by atoms with E-state index in [2.05, 4.69) is 23.4 Å². The molecule has 2 aromatic rings. The van der Waals surface area contributed by atoms with E-state index in [4.69, 9.17) is 10.2 Å². The molecule has 0 saturated carbocycles. The highest BCUT2D eigenvalue weighted by Gasteiger charge is 2.09. The van der Waals surface area contributed by atoms with Gasteiger partial charge in [0.15, 0.2) is 0 Å². The molecular formula is C12H15ClN2OS. The zero-order valence-electron chi connectivity index (χ0n) is 9.77. The van der Waals surface area contributed by atoms with Crippen molar-refractivity contribution in [2.24, 2.45) is 5.73 Å². The van der Waals surface area contributed by atoms with Gasteiger partial charge in [-0.25, -0.2) is 4.98 Å². The average Bonchev–Trinajstić information content (AvgIpc) is 2.71. The monoisotopic (exact) mass is 270 g/mol. The minimum atomic E-state index is 0. The minimum absolute atomic E-state index is 0. The third-order valence-electron chi connectivity index (χ3n) is 2.42. The van der Waals surface area contributed by atoms with Crippen molar-refractivity contribution in [3.05, 3.63) is 35.7 Å². The number of nitrogens with zero attached hydrogens (tertiary/aromatic N) is 1. The first-order chi connectivity index (χ1) is 7.74. The fourth-order valence-electron chi connectivity index (χ4n) is 1.47. The lowest BCUT2D eigenvalue weighted by Crippen LogP contribution is -1.97. The Morgan fingerprint density at radius 1 is 1.29 bits per heavy atom. The van der Waals surface area contributed by atoms with Crippen LogP contribution >= 0.6 is 24.2 Å². The Balaban J connectivity index is 0.00000144. The molecule has 5 heteroatoms. The third-order valence-corrected chi connectivity index (χ3v) is 3.17. The molecule has 0 aliphatic rings. The summed E-state index contributed by atoms with van der Waals surface area (Å²) >= 11 is 1.71. The van der Waals surface area contributed by atoms with E-state index in [1.807, 2.05) is 19.1 Å². The average molecular weight is 271 g/mol. The molecule has 0 atom stereocenters. The lowest BCUT2D eigenvalue weighted by molar-refractivity contribution is 0.539. The number of halogens is 1. The van der Waals surface area contributed by atoms with Crippen LogP contribution < -0.4 is 5.73 Å². The summed E-state index contributed by atoms with van der Waals surface area (Å²) in [6.45, 7) is 2.30. The van der Waals surface area contributed by atoms with E-state index in [9.17, 15) is 0 Å². The second-order valence-corrected chi connectivity index (χ2v) is 4.33. The first-order valence-corrected chi connectivity index (χ1v) is 6.28. The van der Waals surface area contributed by atoms with Crippen LogP contribution in [0.4, 0.5) is 0 Å². The number of hydrogen-bond acceptors (Lipinski definition) is 4. The van der Waals surface area contributed by atoms with Crippen LogP contribution in [0.1, 0.15) is 11.5 Å². The van der Waals surface area contributed by atoms with E-state index in [0.717, 1.165) is 17.0 Å². The van der Waals surface area contributed by atoms with Crippen LogP contribution in [0.5, 0.6) is 0 Å². The van der Waals surface area contributed by atoms with Crippen molar-refractivity contribution in [2.45, 2.75) is 18.4 Å². The number of rotatable bonds is 3. The second kappa shape index (κ2) is 6.10. The van der Waals surface area contributed by atoms with Gasteiger partial charge >= 0.3 is 0 Å². The Kier molecular flexibility index (Phi) is 5.05. The minimum Gasteiger partial charge on any atom is -0.441 e. The van der Waals surface area contributed by atoms with Crippen LogP contribution in [0.25, 0.3) is 11.5 Å². The standard InChI is InChI=1S/C12H14N2OS.ClH/c1-8-11(7-13)14-12(15-8)9-3-5-10(16-2)6-4-9;/h3-6H,7,13H2,1-2H3;1H. The smallest absolute Gasteiger partial charge is 0.226 e. The van der Waals surface area contributed by atoms with Gasteiger partial charge in [0.2, 0.25) is 5.89 Å².